The van der Waals surface area contributed by atoms with E-state index in [9.17, 15) is 9.18 Å². The Morgan fingerprint density at radius 3 is 2.90 bits per heavy atom. The first kappa shape index (κ1) is 18.2. The highest BCUT2D eigenvalue weighted by atomic mass is 19.1. The Kier molecular flexibility index (Phi) is 3.77. The first-order chi connectivity index (χ1) is 15.0. The predicted molar refractivity (Wildman–Crippen MR) is 110 cm³/mol. The number of imidazole rings is 1. The van der Waals surface area contributed by atoms with Gasteiger partial charge in [-0.3, -0.25) is 9.36 Å². The van der Waals surface area contributed by atoms with E-state index in [1.165, 1.54) is 10.9 Å². The third kappa shape index (κ3) is 2.76. The Balaban J connectivity index is 1.21. The third-order valence-corrected chi connectivity index (χ3v) is 6.40. The van der Waals surface area contributed by atoms with Crippen LogP contribution in [0.15, 0.2) is 46.2 Å². The summed E-state index contributed by atoms with van der Waals surface area (Å²) in [5.41, 5.74) is 3.04. The molecule has 0 unspecified atom stereocenters. The lowest BCUT2D eigenvalue weighted by Gasteiger charge is -2.08. The van der Waals surface area contributed by atoms with Gasteiger partial charge in [0.25, 0.3) is 5.56 Å². The molecular formula is C22H19FN6O2. The number of hydrogen-bond donors (Lipinski definition) is 0. The lowest BCUT2D eigenvalue weighted by atomic mass is 9.98. The van der Waals surface area contributed by atoms with E-state index >= 15 is 0 Å². The first-order valence-electron chi connectivity index (χ1n) is 10.2. The molecule has 0 spiro atoms. The van der Waals surface area contributed by atoms with Gasteiger partial charge in [0.2, 0.25) is 5.89 Å². The molecule has 2 aliphatic rings. The molecule has 3 atom stereocenters. The van der Waals surface area contributed by atoms with Crippen molar-refractivity contribution in [2.24, 2.45) is 18.9 Å². The Hall–Kier alpha value is -3.62. The number of aromatic nitrogens is 6. The first-order valence-corrected chi connectivity index (χ1v) is 10.2. The molecule has 0 amide bonds. The number of fused-ring (bicyclic) bond motifs is 2. The minimum atomic E-state index is -0.208. The molecule has 1 aromatic carbocycles. The molecule has 156 valence electrons. The molecule has 6 rings (SSSR count). The van der Waals surface area contributed by atoms with Gasteiger partial charge in [-0.2, -0.15) is 4.98 Å². The van der Waals surface area contributed by atoms with Gasteiger partial charge in [0.15, 0.2) is 17.0 Å². The van der Waals surface area contributed by atoms with Gasteiger partial charge in [0, 0.05) is 18.5 Å². The Labute approximate surface area is 176 Å². The van der Waals surface area contributed by atoms with Crippen LogP contribution in [0.5, 0.6) is 0 Å². The van der Waals surface area contributed by atoms with Gasteiger partial charge in [-0.1, -0.05) is 29.4 Å². The van der Waals surface area contributed by atoms with Crippen LogP contribution in [0.2, 0.25) is 0 Å². The highest BCUT2D eigenvalue weighted by Crippen LogP contribution is 2.62. The average Bonchev–Trinajstić information content (AvgIpc) is 3.18. The molecule has 0 aliphatic heterocycles. The summed E-state index contributed by atoms with van der Waals surface area (Å²) in [5.74, 6) is 1.72. The zero-order chi connectivity index (χ0) is 21.3. The van der Waals surface area contributed by atoms with Crippen LogP contribution in [0.4, 0.5) is 4.39 Å². The van der Waals surface area contributed by atoms with Crippen LogP contribution in [-0.2, 0) is 13.6 Å². The average molecular weight is 418 g/mol. The van der Waals surface area contributed by atoms with Crippen LogP contribution in [-0.4, -0.2) is 29.2 Å². The van der Waals surface area contributed by atoms with Crippen LogP contribution in [0, 0.1) is 24.6 Å². The van der Waals surface area contributed by atoms with Crippen LogP contribution in [0.3, 0.4) is 0 Å². The van der Waals surface area contributed by atoms with Crippen LogP contribution < -0.4 is 5.56 Å². The number of aryl methyl sites for hydroxylation is 2. The van der Waals surface area contributed by atoms with Gasteiger partial charge in [0.05, 0.1) is 6.33 Å². The van der Waals surface area contributed by atoms with Crippen molar-refractivity contribution in [2.75, 3.05) is 0 Å². The van der Waals surface area contributed by atoms with Gasteiger partial charge in [-0.15, -0.1) is 0 Å². The largest absolute Gasteiger partial charge is 0.337 e. The molecule has 31 heavy (non-hydrogen) atoms. The molecule has 3 aromatic heterocycles. The second-order valence-corrected chi connectivity index (χ2v) is 8.35. The molecule has 3 heterocycles. The van der Waals surface area contributed by atoms with Crippen molar-refractivity contribution in [3.05, 3.63) is 75.9 Å². The van der Waals surface area contributed by atoms with Gasteiger partial charge in [-0.05, 0) is 36.3 Å². The standard InChI is InChI=1S/C22H19FN6O2/c1-11-4-3-5-13(18(11)23)12-6-14-15(7-12)17(14)20-26-16(31-27-20)8-29-10-25-21-19(22(29)30)28(2)9-24-21/h3-6,9-10,14-15,17H,7-8H2,1-2H3/t14-,15+,17-/m0/s1. The third-order valence-electron chi connectivity index (χ3n) is 6.40. The maximum absolute atomic E-state index is 14.4. The van der Waals surface area contributed by atoms with E-state index in [2.05, 4.69) is 26.2 Å². The van der Waals surface area contributed by atoms with Crippen molar-refractivity contribution in [2.45, 2.75) is 25.8 Å². The van der Waals surface area contributed by atoms with Crippen molar-refractivity contribution >= 4 is 16.7 Å². The number of halogens is 1. The summed E-state index contributed by atoms with van der Waals surface area (Å²) in [4.78, 5) is 25.5. The summed E-state index contributed by atoms with van der Waals surface area (Å²) in [6.45, 7) is 1.93. The van der Waals surface area contributed by atoms with Crippen LogP contribution >= 0.6 is 0 Å². The summed E-state index contributed by atoms with van der Waals surface area (Å²) in [7, 11) is 1.75. The molecule has 4 aromatic rings. The fourth-order valence-electron chi connectivity index (χ4n) is 4.70. The van der Waals surface area contributed by atoms with E-state index in [1.54, 1.807) is 30.9 Å². The van der Waals surface area contributed by atoms with E-state index in [1.807, 2.05) is 12.1 Å². The highest BCUT2D eigenvalue weighted by molar-refractivity contribution is 5.71. The summed E-state index contributed by atoms with van der Waals surface area (Å²) in [6.07, 6.45) is 5.96. The van der Waals surface area contributed by atoms with E-state index < -0.39 is 0 Å². The zero-order valence-corrected chi connectivity index (χ0v) is 17.0. The fourth-order valence-corrected chi connectivity index (χ4v) is 4.70. The Bertz CT molecular complexity index is 1430. The number of rotatable bonds is 4. The number of allylic oxidation sites excluding steroid dienone is 2. The Morgan fingerprint density at radius 2 is 2.10 bits per heavy atom. The smallest absolute Gasteiger partial charge is 0.280 e. The Morgan fingerprint density at radius 1 is 1.26 bits per heavy atom. The maximum Gasteiger partial charge on any atom is 0.280 e. The lowest BCUT2D eigenvalue weighted by Crippen LogP contribution is -2.22. The maximum atomic E-state index is 14.4. The van der Waals surface area contributed by atoms with Crippen molar-refractivity contribution in [3.63, 3.8) is 0 Å². The molecule has 1 saturated carbocycles. The van der Waals surface area contributed by atoms with Crippen molar-refractivity contribution in [3.8, 4) is 0 Å². The summed E-state index contributed by atoms with van der Waals surface area (Å²) in [6, 6.07) is 5.51. The minimum absolute atomic E-state index is 0.141. The number of hydrogen-bond acceptors (Lipinski definition) is 6. The predicted octanol–water partition coefficient (Wildman–Crippen LogP) is 2.83. The molecule has 9 heteroatoms. The molecule has 0 radical (unpaired) electrons. The normalized spacial score (nSPS) is 22.0. The topological polar surface area (TPSA) is 91.6 Å². The second kappa shape index (κ2) is 6.44. The van der Waals surface area contributed by atoms with Crippen LogP contribution in [0.25, 0.3) is 16.7 Å². The second-order valence-electron chi connectivity index (χ2n) is 8.35. The van der Waals surface area contributed by atoms with Crippen molar-refractivity contribution in [1.82, 2.24) is 29.2 Å². The van der Waals surface area contributed by atoms with Crippen molar-refractivity contribution in [1.29, 1.82) is 0 Å². The number of benzene rings is 1. The van der Waals surface area contributed by atoms with Gasteiger partial charge in [0.1, 0.15) is 18.7 Å². The fraction of sp³-hybridized carbons (Fsp3) is 0.318. The lowest BCUT2D eigenvalue weighted by molar-refractivity contribution is 0.364. The molecule has 2 aliphatic carbocycles. The molecule has 0 bridgehead atoms. The molecular weight excluding hydrogens is 399 g/mol. The quantitative estimate of drug-likeness (QED) is 0.506. The number of nitrogens with zero attached hydrogens (tertiary/aromatic N) is 6. The SMILES string of the molecule is Cc1cccc(C2=C[C@H]3[C@@H](C2)[C@H]3c2noc(Cn3cnc4ncn(C)c4c3=O)n2)c1F. The van der Waals surface area contributed by atoms with E-state index in [4.69, 9.17) is 4.52 Å². The van der Waals surface area contributed by atoms with Gasteiger partial charge < -0.3 is 9.09 Å². The highest BCUT2D eigenvalue weighted by Gasteiger charge is 2.55. The van der Waals surface area contributed by atoms with E-state index in [-0.39, 0.29) is 23.8 Å². The monoisotopic (exact) mass is 418 g/mol. The minimum Gasteiger partial charge on any atom is -0.337 e. The molecule has 1 fully saturated rings. The van der Waals surface area contributed by atoms with E-state index in [0.29, 0.717) is 45.8 Å². The molecule has 8 nitrogen and oxygen atoms in total. The molecule has 0 N–H and O–H groups in total. The summed E-state index contributed by atoms with van der Waals surface area (Å²) < 4.78 is 22.9. The van der Waals surface area contributed by atoms with Crippen molar-refractivity contribution < 1.29 is 8.91 Å². The van der Waals surface area contributed by atoms with Gasteiger partial charge >= 0.3 is 0 Å². The summed E-state index contributed by atoms with van der Waals surface area (Å²) in [5, 5.41) is 4.14. The zero-order valence-electron chi connectivity index (χ0n) is 17.0. The van der Waals surface area contributed by atoms with E-state index in [0.717, 1.165) is 12.0 Å². The summed E-state index contributed by atoms with van der Waals surface area (Å²) >= 11 is 0. The van der Waals surface area contributed by atoms with Crippen LogP contribution in [0.1, 0.15) is 35.2 Å². The molecule has 0 saturated heterocycles. The van der Waals surface area contributed by atoms with Gasteiger partial charge in [-0.25, -0.2) is 14.4 Å².